The number of fused-ring (bicyclic) bond motifs is 1. The molecular formula is C15H17ClN2O2. The van der Waals surface area contributed by atoms with Crippen molar-refractivity contribution in [3.63, 3.8) is 0 Å². The molecule has 5 heteroatoms. The van der Waals surface area contributed by atoms with Crippen molar-refractivity contribution in [3.8, 4) is 5.75 Å². The van der Waals surface area contributed by atoms with Crippen LogP contribution in [0.15, 0.2) is 23.8 Å². The molecule has 4 nitrogen and oxygen atoms in total. The molecule has 1 aromatic carbocycles. The van der Waals surface area contributed by atoms with Crippen LogP contribution in [0, 0.1) is 0 Å². The Morgan fingerprint density at radius 2 is 2.35 bits per heavy atom. The quantitative estimate of drug-likeness (QED) is 0.906. The number of ether oxygens (including phenoxy) is 1. The van der Waals surface area contributed by atoms with Gasteiger partial charge in [-0.2, -0.15) is 0 Å². The highest BCUT2D eigenvalue weighted by Crippen LogP contribution is 2.29. The van der Waals surface area contributed by atoms with Gasteiger partial charge in [0.25, 0.3) is 5.91 Å². The number of carbonyl (C=O) groups excluding carboxylic acids is 1. The number of nitrogens with zero attached hydrogens (tertiary/aromatic N) is 1. The van der Waals surface area contributed by atoms with Gasteiger partial charge in [-0.3, -0.25) is 4.79 Å². The molecule has 1 N–H and O–H groups in total. The normalized spacial score (nSPS) is 20.9. The number of amides is 1. The van der Waals surface area contributed by atoms with E-state index >= 15 is 0 Å². The van der Waals surface area contributed by atoms with E-state index in [2.05, 4.69) is 5.32 Å². The van der Waals surface area contributed by atoms with Crippen molar-refractivity contribution in [2.24, 2.45) is 0 Å². The van der Waals surface area contributed by atoms with Gasteiger partial charge in [-0.1, -0.05) is 11.6 Å². The van der Waals surface area contributed by atoms with E-state index in [1.807, 2.05) is 30.2 Å². The highest BCUT2D eigenvalue weighted by atomic mass is 35.5. The molecule has 0 aliphatic carbocycles. The molecule has 0 spiro atoms. The summed E-state index contributed by atoms with van der Waals surface area (Å²) in [4.78, 5) is 14.3. The highest BCUT2D eigenvalue weighted by molar-refractivity contribution is 6.30. The summed E-state index contributed by atoms with van der Waals surface area (Å²) in [7, 11) is 1.86. The molecule has 1 aromatic rings. The molecule has 0 saturated carbocycles. The van der Waals surface area contributed by atoms with Crippen molar-refractivity contribution < 1.29 is 9.53 Å². The second-order valence-electron chi connectivity index (χ2n) is 5.20. The van der Waals surface area contributed by atoms with Gasteiger partial charge in [0.1, 0.15) is 12.4 Å². The van der Waals surface area contributed by atoms with Gasteiger partial charge in [-0.15, -0.1) is 0 Å². The first kappa shape index (κ1) is 13.5. The lowest BCUT2D eigenvalue weighted by Gasteiger charge is -2.26. The minimum atomic E-state index is 0.0318. The lowest BCUT2D eigenvalue weighted by molar-refractivity contribution is -0.127. The van der Waals surface area contributed by atoms with E-state index in [1.54, 1.807) is 6.07 Å². The Kier molecular flexibility index (Phi) is 3.68. The second kappa shape index (κ2) is 5.46. The van der Waals surface area contributed by atoms with Gasteiger partial charge in [0, 0.05) is 30.2 Å². The van der Waals surface area contributed by atoms with Crippen LogP contribution in [0.1, 0.15) is 12.0 Å². The number of nitrogens with one attached hydrogen (secondary N) is 1. The van der Waals surface area contributed by atoms with E-state index in [1.165, 1.54) is 0 Å². The summed E-state index contributed by atoms with van der Waals surface area (Å²) >= 11 is 5.98. The van der Waals surface area contributed by atoms with E-state index in [9.17, 15) is 4.79 Å². The zero-order valence-electron chi connectivity index (χ0n) is 11.4. The number of halogens is 1. The molecule has 0 bridgehead atoms. The Balaban J connectivity index is 1.82. The van der Waals surface area contributed by atoms with Gasteiger partial charge in [0.05, 0.1) is 5.57 Å². The predicted molar refractivity (Wildman–Crippen MR) is 79.0 cm³/mol. The average Bonchev–Trinajstić information content (AvgIpc) is 2.99. The van der Waals surface area contributed by atoms with Crippen LogP contribution in [0.3, 0.4) is 0 Å². The lowest BCUT2D eigenvalue weighted by atomic mass is 10.1. The molecule has 106 valence electrons. The monoisotopic (exact) mass is 292 g/mol. The molecule has 3 rings (SSSR count). The molecule has 20 heavy (non-hydrogen) atoms. The largest absolute Gasteiger partial charge is 0.488 e. The van der Waals surface area contributed by atoms with Crippen LogP contribution in [0.2, 0.25) is 5.02 Å². The number of hydrogen-bond donors (Lipinski definition) is 1. The summed E-state index contributed by atoms with van der Waals surface area (Å²) in [5, 5.41) is 3.92. The molecule has 1 amide bonds. The van der Waals surface area contributed by atoms with Crippen LogP contribution in [0.4, 0.5) is 0 Å². The van der Waals surface area contributed by atoms with Crippen molar-refractivity contribution >= 4 is 23.6 Å². The Morgan fingerprint density at radius 3 is 3.10 bits per heavy atom. The molecule has 2 aliphatic heterocycles. The van der Waals surface area contributed by atoms with Crippen molar-refractivity contribution in [1.29, 1.82) is 0 Å². The van der Waals surface area contributed by atoms with Crippen LogP contribution < -0.4 is 10.1 Å². The second-order valence-corrected chi connectivity index (χ2v) is 5.64. The third kappa shape index (κ3) is 2.53. The van der Waals surface area contributed by atoms with E-state index in [4.69, 9.17) is 16.3 Å². The fourth-order valence-electron chi connectivity index (χ4n) is 2.63. The first-order chi connectivity index (χ1) is 9.65. The van der Waals surface area contributed by atoms with Crippen LogP contribution in [-0.2, 0) is 4.79 Å². The van der Waals surface area contributed by atoms with Crippen LogP contribution >= 0.6 is 11.6 Å². The fraction of sp³-hybridized carbons (Fsp3) is 0.400. The van der Waals surface area contributed by atoms with Crippen molar-refractivity contribution in [1.82, 2.24) is 10.2 Å². The van der Waals surface area contributed by atoms with Gasteiger partial charge in [-0.25, -0.2) is 0 Å². The van der Waals surface area contributed by atoms with Gasteiger partial charge < -0.3 is 15.0 Å². The Bertz CT molecular complexity index is 565. The van der Waals surface area contributed by atoms with E-state index in [0.29, 0.717) is 17.2 Å². The van der Waals surface area contributed by atoms with Crippen molar-refractivity contribution in [2.75, 3.05) is 26.7 Å². The van der Waals surface area contributed by atoms with Crippen molar-refractivity contribution in [3.05, 3.63) is 34.4 Å². The molecule has 1 atom stereocenters. The molecule has 1 unspecified atom stereocenters. The Hall–Kier alpha value is -1.52. The molecular weight excluding hydrogens is 276 g/mol. The SMILES string of the molecule is CN(C(=O)C1=Cc2cc(Cl)ccc2OC1)C1CCNC1. The minimum absolute atomic E-state index is 0.0318. The standard InChI is InChI=1S/C15H17ClN2O2/c1-18(13-4-5-17-8-13)15(19)11-6-10-7-12(16)2-3-14(10)20-9-11/h2-3,6-7,13,17H,4-5,8-9H2,1H3. The van der Waals surface area contributed by atoms with Crippen LogP contribution in [0.5, 0.6) is 5.75 Å². The lowest BCUT2D eigenvalue weighted by Crippen LogP contribution is -2.40. The molecule has 2 heterocycles. The third-order valence-corrected chi connectivity index (χ3v) is 4.10. The number of benzene rings is 1. The average molecular weight is 293 g/mol. The maximum atomic E-state index is 12.5. The maximum Gasteiger partial charge on any atom is 0.253 e. The number of hydrogen-bond acceptors (Lipinski definition) is 3. The van der Waals surface area contributed by atoms with Crippen LogP contribution in [-0.4, -0.2) is 43.6 Å². The van der Waals surface area contributed by atoms with E-state index in [-0.39, 0.29) is 11.9 Å². The molecule has 1 fully saturated rings. The van der Waals surface area contributed by atoms with Gasteiger partial charge in [-0.05, 0) is 37.2 Å². The molecule has 0 aromatic heterocycles. The summed E-state index contributed by atoms with van der Waals surface area (Å²) in [6, 6.07) is 5.71. The first-order valence-electron chi connectivity index (χ1n) is 6.76. The predicted octanol–water partition coefficient (Wildman–Crippen LogP) is 1.94. The molecule has 1 saturated heterocycles. The van der Waals surface area contributed by atoms with E-state index < -0.39 is 0 Å². The zero-order valence-corrected chi connectivity index (χ0v) is 12.1. The Morgan fingerprint density at radius 1 is 1.50 bits per heavy atom. The summed E-state index contributed by atoms with van der Waals surface area (Å²) in [6.07, 6.45) is 2.88. The highest BCUT2D eigenvalue weighted by Gasteiger charge is 2.27. The minimum Gasteiger partial charge on any atom is -0.488 e. The number of rotatable bonds is 2. The third-order valence-electron chi connectivity index (χ3n) is 3.86. The molecule has 2 aliphatic rings. The van der Waals surface area contributed by atoms with Gasteiger partial charge in [0.15, 0.2) is 0 Å². The summed E-state index contributed by atoms with van der Waals surface area (Å²) in [5.74, 6) is 0.806. The summed E-state index contributed by atoms with van der Waals surface area (Å²) in [6.45, 7) is 2.15. The summed E-state index contributed by atoms with van der Waals surface area (Å²) in [5.41, 5.74) is 1.54. The Labute approximate surface area is 123 Å². The van der Waals surface area contributed by atoms with Crippen LogP contribution in [0.25, 0.3) is 6.08 Å². The fourth-order valence-corrected chi connectivity index (χ4v) is 2.81. The number of carbonyl (C=O) groups is 1. The van der Waals surface area contributed by atoms with Gasteiger partial charge in [0.2, 0.25) is 0 Å². The summed E-state index contributed by atoms with van der Waals surface area (Å²) < 4.78 is 5.63. The van der Waals surface area contributed by atoms with Crippen molar-refractivity contribution in [2.45, 2.75) is 12.5 Å². The number of likely N-dealkylation sites (N-methyl/N-ethyl adjacent to an activating group) is 1. The molecule has 0 radical (unpaired) electrons. The first-order valence-corrected chi connectivity index (χ1v) is 7.14. The van der Waals surface area contributed by atoms with E-state index in [0.717, 1.165) is 30.8 Å². The maximum absolute atomic E-state index is 12.5. The zero-order chi connectivity index (χ0) is 14.1. The van der Waals surface area contributed by atoms with Gasteiger partial charge >= 0.3 is 0 Å². The smallest absolute Gasteiger partial charge is 0.253 e. The topological polar surface area (TPSA) is 41.6 Å².